The number of halogens is 2. The molecule has 0 fully saturated rings. The number of nitrogens with zero attached hydrogens (tertiary/aromatic N) is 2. The number of nitrogens with one attached hydrogen (secondary N) is 1. The van der Waals surface area contributed by atoms with Crippen LogP contribution in [-0.4, -0.2) is 16.5 Å². The first kappa shape index (κ1) is 14.5. The number of ether oxygens (including phenoxy) is 1. The van der Waals surface area contributed by atoms with E-state index in [0.29, 0.717) is 23.3 Å². The Morgan fingerprint density at radius 3 is 2.85 bits per heavy atom. The lowest BCUT2D eigenvalue weighted by Crippen LogP contribution is -2.04. The van der Waals surface area contributed by atoms with Crippen molar-refractivity contribution in [1.29, 1.82) is 0 Å². The Labute approximate surface area is 122 Å². The Morgan fingerprint density at radius 2 is 2.15 bits per heavy atom. The van der Waals surface area contributed by atoms with Crippen molar-refractivity contribution < 1.29 is 9.13 Å². The van der Waals surface area contributed by atoms with E-state index in [1.165, 1.54) is 0 Å². The molecule has 0 radical (unpaired) electrons. The van der Waals surface area contributed by atoms with Crippen LogP contribution in [-0.2, 0) is 6.42 Å². The molecule has 1 aromatic heterocycles. The van der Waals surface area contributed by atoms with Gasteiger partial charge in [-0.2, -0.15) is 9.37 Å². The van der Waals surface area contributed by atoms with Crippen LogP contribution in [0.25, 0.3) is 0 Å². The van der Waals surface area contributed by atoms with Crippen LogP contribution in [0.5, 0.6) is 11.6 Å². The zero-order chi connectivity index (χ0) is 14.5. The number of anilines is 1. The molecule has 1 heterocycles. The molecule has 1 N–H and O–H groups in total. The summed E-state index contributed by atoms with van der Waals surface area (Å²) in [6.45, 7) is 4.53. The summed E-state index contributed by atoms with van der Waals surface area (Å²) in [6, 6.07) is 5.17. The molecule has 20 heavy (non-hydrogen) atoms. The van der Waals surface area contributed by atoms with Gasteiger partial charge >= 0.3 is 0 Å². The lowest BCUT2D eigenvalue weighted by Gasteiger charge is -2.09. The van der Waals surface area contributed by atoms with E-state index in [1.807, 2.05) is 13.8 Å². The predicted octanol–water partition coefficient (Wildman–Crippen LogP) is 4.06. The molecule has 0 spiro atoms. The maximum Gasteiger partial charge on any atom is 0.260 e. The van der Waals surface area contributed by atoms with Gasteiger partial charge in [-0.15, -0.1) is 0 Å². The van der Waals surface area contributed by atoms with Crippen molar-refractivity contribution in [2.75, 3.05) is 11.9 Å². The van der Waals surface area contributed by atoms with Crippen LogP contribution in [0.3, 0.4) is 0 Å². The van der Waals surface area contributed by atoms with Crippen molar-refractivity contribution in [3.63, 3.8) is 0 Å². The first-order valence-corrected chi connectivity index (χ1v) is 6.74. The molecule has 2 rings (SSSR count). The van der Waals surface area contributed by atoms with Gasteiger partial charge in [0.05, 0.1) is 6.20 Å². The highest BCUT2D eigenvalue weighted by atomic mass is 35.5. The van der Waals surface area contributed by atoms with Crippen molar-refractivity contribution >= 4 is 17.5 Å². The van der Waals surface area contributed by atoms with Crippen molar-refractivity contribution in [2.24, 2.45) is 0 Å². The van der Waals surface area contributed by atoms with E-state index in [2.05, 4.69) is 15.3 Å². The molecule has 6 heteroatoms. The number of aryl methyl sites for hydroxylation is 1. The highest BCUT2D eigenvalue weighted by Crippen LogP contribution is 2.27. The SMILES string of the molecule is CCNc1ncc(F)c(Oc2ccc(Cl)c(CC)c2)n1. The summed E-state index contributed by atoms with van der Waals surface area (Å²) in [5.41, 5.74) is 0.936. The Balaban J connectivity index is 2.27. The molecule has 0 aliphatic rings. The normalized spacial score (nSPS) is 10.4. The molecule has 4 nitrogen and oxygen atoms in total. The highest BCUT2D eigenvalue weighted by Gasteiger charge is 2.10. The molecule has 0 unspecified atom stereocenters. The van der Waals surface area contributed by atoms with Crippen LogP contribution in [0.15, 0.2) is 24.4 Å². The molecule has 0 aliphatic heterocycles. The minimum absolute atomic E-state index is 0.111. The molecule has 0 amide bonds. The second-order valence-electron chi connectivity index (χ2n) is 4.09. The van der Waals surface area contributed by atoms with E-state index < -0.39 is 5.82 Å². The third-order valence-electron chi connectivity index (χ3n) is 2.66. The summed E-state index contributed by atoms with van der Waals surface area (Å²) >= 11 is 6.03. The van der Waals surface area contributed by atoms with Crippen LogP contribution < -0.4 is 10.1 Å². The second-order valence-corrected chi connectivity index (χ2v) is 4.49. The summed E-state index contributed by atoms with van der Waals surface area (Å²) in [7, 11) is 0. The van der Waals surface area contributed by atoms with Crippen LogP contribution in [0, 0.1) is 5.82 Å². The van der Waals surface area contributed by atoms with Gasteiger partial charge in [-0.1, -0.05) is 18.5 Å². The van der Waals surface area contributed by atoms with Crippen LogP contribution in [0.2, 0.25) is 5.02 Å². The maximum atomic E-state index is 13.7. The van der Waals surface area contributed by atoms with Crippen LogP contribution >= 0.6 is 11.6 Å². The molecule has 0 atom stereocenters. The number of rotatable bonds is 5. The lowest BCUT2D eigenvalue weighted by atomic mass is 10.1. The predicted molar refractivity (Wildman–Crippen MR) is 77.1 cm³/mol. The van der Waals surface area contributed by atoms with E-state index >= 15 is 0 Å². The van der Waals surface area contributed by atoms with Gasteiger partial charge in [0.15, 0.2) is 0 Å². The van der Waals surface area contributed by atoms with Gasteiger partial charge in [-0.25, -0.2) is 4.98 Å². The van der Waals surface area contributed by atoms with Gasteiger partial charge < -0.3 is 10.1 Å². The zero-order valence-electron chi connectivity index (χ0n) is 11.3. The topological polar surface area (TPSA) is 47.0 Å². The third-order valence-corrected chi connectivity index (χ3v) is 3.03. The maximum absolute atomic E-state index is 13.7. The minimum Gasteiger partial charge on any atom is -0.436 e. The zero-order valence-corrected chi connectivity index (χ0v) is 12.0. The fourth-order valence-corrected chi connectivity index (χ4v) is 1.91. The van der Waals surface area contributed by atoms with Gasteiger partial charge in [0, 0.05) is 11.6 Å². The smallest absolute Gasteiger partial charge is 0.260 e. The fourth-order valence-electron chi connectivity index (χ4n) is 1.66. The van der Waals surface area contributed by atoms with E-state index in [9.17, 15) is 4.39 Å². The summed E-state index contributed by atoms with van der Waals surface area (Å²) < 4.78 is 19.1. The molecule has 1 aromatic carbocycles. The van der Waals surface area contributed by atoms with Crippen LogP contribution in [0.1, 0.15) is 19.4 Å². The van der Waals surface area contributed by atoms with Crippen molar-refractivity contribution in [3.8, 4) is 11.6 Å². The first-order valence-electron chi connectivity index (χ1n) is 6.36. The molecule has 0 bridgehead atoms. The van der Waals surface area contributed by atoms with Crippen molar-refractivity contribution in [2.45, 2.75) is 20.3 Å². The molecule has 0 saturated carbocycles. The Hall–Kier alpha value is -1.88. The number of hydrogen-bond acceptors (Lipinski definition) is 4. The molecular weight excluding hydrogens is 281 g/mol. The number of hydrogen-bond donors (Lipinski definition) is 1. The van der Waals surface area contributed by atoms with Gasteiger partial charge in [-0.3, -0.25) is 0 Å². The number of benzene rings is 1. The van der Waals surface area contributed by atoms with Gasteiger partial charge in [0.1, 0.15) is 5.75 Å². The van der Waals surface area contributed by atoms with E-state index in [1.54, 1.807) is 18.2 Å². The largest absolute Gasteiger partial charge is 0.436 e. The van der Waals surface area contributed by atoms with E-state index in [0.717, 1.165) is 18.2 Å². The number of aromatic nitrogens is 2. The van der Waals surface area contributed by atoms with Gasteiger partial charge in [-0.05, 0) is 37.1 Å². The Morgan fingerprint density at radius 1 is 1.35 bits per heavy atom. The van der Waals surface area contributed by atoms with E-state index in [-0.39, 0.29) is 5.88 Å². The summed E-state index contributed by atoms with van der Waals surface area (Å²) in [5, 5.41) is 3.57. The lowest BCUT2D eigenvalue weighted by molar-refractivity contribution is 0.420. The highest BCUT2D eigenvalue weighted by molar-refractivity contribution is 6.31. The first-order chi connectivity index (χ1) is 9.63. The minimum atomic E-state index is -0.611. The van der Waals surface area contributed by atoms with Gasteiger partial charge in [0.2, 0.25) is 11.8 Å². The molecule has 0 aliphatic carbocycles. The molecular formula is C14H15ClFN3O. The fraction of sp³-hybridized carbons (Fsp3) is 0.286. The Bertz CT molecular complexity index is 607. The summed E-state index contributed by atoms with van der Waals surface area (Å²) in [5.74, 6) is 0.0971. The van der Waals surface area contributed by atoms with E-state index in [4.69, 9.17) is 16.3 Å². The van der Waals surface area contributed by atoms with Crippen LogP contribution in [0.4, 0.5) is 10.3 Å². The third kappa shape index (κ3) is 3.36. The molecule has 106 valence electrons. The second kappa shape index (κ2) is 6.52. The van der Waals surface area contributed by atoms with Crippen molar-refractivity contribution in [1.82, 2.24) is 9.97 Å². The monoisotopic (exact) mass is 295 g/mol. The average molecular weight is 296 g/mol. The summed E-state index contributed by atoms with van der Waals surface area (Å²) in [6.07, 6.45) is 1.85. The quantitative estimate of drug-likeness (QED) is 0.904. The standard InChI is InChI=1S/C14H15ClFN3O/c1-3-9-7-10(5-6-11(9)15)20-13-12(16)8-18-14(19-13)17-4-2/h5-8H,3-4H2,1-2H3,(H,17,18,19). The van der Waals surface area contributed by atoms with Crippen molar-refractivity contribution in [3.05, 3.63) is 40.8 Å². The molecule has 0 saturated heterocycles. The average Bonchev–Trinajstić information content (AvgIpc) is 2.45. The summed E-state index contributed by atoms with van der Waals surface area (Å²) in [4.78, 5) is 7.80. The molecule has 2 aromatic rings. The Kier molecular flexibility index (Phi) is 4.74. The van der Waals surface area contributed by atoms with Gasteiger partial charge in [0.25, 0.3) is 5.88 Å².